The fourth-order valence-corrected chi connectivity index (χ4v) is 2.65. The normalized spacial score (nSPS) is 10.9. The highest BCUT2D eigenvalue weighted by Gasteiger charge is 2.06. The molecule has 12 heteroatoms. The van der Waals surface area contributed by atoms with Gasteiger partial charge in [0.15, 0.2) is 0 Å². The van der Waals surface area contributed by atoms with Crippen LogP contribution in [0.1, 0.15) is 43.2 Å². The van der Waals surface area contributed by atoms with E-state index in [0.29, 0.717) is 30.4 Å². The zero-order chi connectivity index (χ0) is 24.1. The Hall–Kier alpha value is -4.48. The molecule has 0 radical (unpaired) electrons. The number of amides is 2. The van der Waals surface area contributed by atoms with Crippen molar-refractivity contribution < 1.29 is 19.4 Å². The summed E-state index contributed by atoms with van der Waals surface area (Å²) < 4.78 is 0. The number of carbonyl (C=O) groups is 2. The van der Waals surface area contributed by atoms with E-state index in [9.17, 15) is 29.8 Å². The van der Waals surface area contributed by atoms with Crippen LogP contribution in [0.3, 0.4) is 0 Å². The molecule has 0 fully saturated rings. The van der Waals surface area contributed by atoms with Crippen LogP contribution in [0.25, 0.3) is 0 Å². The van der Waals surface area contributed by atoms with Gasteiger partial charge in [-0.3, -0.25) is 29.8 Å². The van der Waals surface area contributed by atoms with E-state index in [1.807, 2.05) is 0 Å². The fourth-order valence-electron chi connectivity index (χ4n) is 2.65. The van der Waals surface area contributed by atoms with Gasteiger partial charge in [0.05, 0.1) is 22.3 Å². The summed E-state index contributed by atoms with van der Waals surface area (Å²) in [6, 6.07) is 11.7. The summed E-state index contributed by atoms with van der Waals surface area (Å²) in [4.78, 5) is 44.0. The smallest absolute Gasteiger partial charge is 0.270 e. The number of unbranched alkanes of at least 4 members (excludes halogenated alkanes) is 2. The number of carbonyl (C=O) groups excluding carboxylic acids is 2. The van der Waals surface area contributed by atoms with Crippen molar-refractivity contribution in [2.45, 2.75) is 32.1 Å². The lowest BCUT2D eigenvalue weighted by Crippen LogP contribution is -2.18. The van der Waals surface area contributed by atoms with E-state index in [0.717, 1.165) is 0 Å². The summed E-state index contributed by atoms with van der Waals surface area (Å²) in [7, 11) is 0. The number of hydrogen-bond donors (Lipinski definition) is 2. The average molecular weight is 454 g/mol. The first-order valence-electron chi connectivity index (χ1n) is 9.98. The topological polar surface area (TPSA) is 169 Å². The number of nitrogens with one attached hydrogen (secondary N) is 2. The maximum Gasteiger partial charge on any atom is 0.270 e. The zero-order valence-electron chi connectivity index (χ0n) is 17.5. The lowest BCUT2D eigenvalue weighted by molar-refractivity contribution is -0.385. The van der Waals surface area contributed by atoms with Gasteiger partial charge in [0.2, 0.25) is 11.8 Å². The molecular weight excluding hydrogens is 432 g/mol. The van der Waals surface area contributed by atoms with E-state index in [2.05, 4.69) is 21.1 Å². The number of benzene rings is 2. The molecule has 0 unspecified atom stereocenters. The van der Waals surface area contributed by atoms with Gasteiger partial charge >= 0.3 is 0 Å². The molecule has 172 valence electrons. The molecule has 0 saturated heterocycles. The first kappa shape index (κ1) is 24.8. The number of hydrazone groups is 2. The molecule has 2 aromatic rings. The SMILES string of the molecule is O=C(CCCCCC(=O)NN=Cc1cccc([N+](=O)[O-])c1)NN=Cc1cccc([N+](=O)[O-])c1. The number of nitrogens with zero attached hydrogens (tertiary/aromatic N) is 4. The van der Waals surface area contributed by atoms with Crippen molar-refractivity contribution in [1.82, 2.24) is 10.9 Å². The van der Waals surface area contributed by atoms with E-state index in [4.69, 9.17) is 0 Å². The molecular formula is C21H22N6O6. The molecule has 2 N–H and O–H groups in total. The highest BCUT2D eigenvalue weighted by atomic mass is 16.6. The van der Waals surface area contributed by atoms with Gasteiger partial charge in [-0.2, -0.15) is 10.2 Å². The Morgan fingerprint density at radius 1 is 0.758 bits per heavy atom. The molecule has 2 rings (SSSR count). The van der Waals surface area contributed by atoms with E-state index >= 15 is 0 Å². The summed E-state index contributed by atoms with van der Waals surface area (Å²) >= 11 is 0. The second-order valence-corrected chi connectivity index (χ2v) is 6.85. The molecule has 0 bridgehead atoms. The van der Waals surface area contributed by atoms with E-state index < -0.39 is 9.85 Å². The Balaban J connectivity index is 1.60. The van der Waals surface area contributed by atoms with Crippen LogP contribution in [-0.2, 0) is 9.59 Å². The Labute approximate surface area is 188 Å². The van der Waals surface area contributed by atoms with E-state index in [1.165, 1.54) is 48.8 Å². The maximum atomic E-state index is 11.8. The van der Waals surface area contributed by atoms with Crippen molar-refractivity contribution in [1.29, 1.82) is 0 Å². The minimum atomic E-state index is -0.514. The van der Waals surface area contributed by atoms with Crippen molar-refractivity contribution in [2.24, 2.45) is 10.2 Å². The Morgan fingerprint density at radius 3 is 1.58 bits per heavy atom. The number of non-ortho nitro benzene ring substituents is 2. The average Bonchev–Trinajstić information content (AvgIpc) is 2.79. The largest absolute Gasteiger partial charge is 0.273 e. The Kier molecular flexibility index (Phi) is 9.80. The second kappa shape index (κ2) is 13.0. The summed E-state index contributed by atoms with van der Waals surface area (Å²) in [5, 5.41) is 29.0. The van der Waals surface area contributed by atoms with Crippen molar-refractivity contribution in [2.75, 3.05) is 0 Å². The van der Waals surface area contributed by atoms with Gasteiger partial charge in [-0.15, -0.1) is 0 Å². The van der Waals surface area contributed by atoms with Crippen LogP contribution < -0.4 is 10.9 Å². The lowest BCUT2D eigenvalue weighted by atomic mass is 10.1. The summed E-state index contributed by atoms with van der Waals surface area (Å²) in [6.07, 6.45) is 4.85. The first-order valence-corrected chi connectivity index (χ1v) is 9.98. The van der Waals surface area contributed by atoms with Crippen molar-refractivity contribution in [3.63, 3.8) is 0 Å². The van der Waals surface area contributed by atoms with Gasteiger partial charge in [-0.25, -0.2) is 10.9 Å². The maximum absolute atomic E-state index is 11.8. The van der Waals surface area contributed by atoms with Crippen LogP contribution in [0.5, 0.6) is 0 Å². The minimum Gasteiger partial charge on any atom is -0.273 e. The van der Waals surface area contributed by atoms with Gasteiger partial charge in [0.1, 0.15) is 0 Å². The van der Waals surface area contributed by atoms with Crippen molar-refractivity contribution in [3.8, 4) is 0 Å². The van der Waals surface area contributed by atoms with Crippen molar-refractivity contribution >= 4 is 35.6 Å². The third kappa shape index (κ3) is 9.46. The van der Waals surface area contributed by atoms with Gasteiger partial charge in [0, 0.05) is 48.2 Å². The third-order valence-corrected chi connectivity index (χ3v) is 4.28. The molecule has 0 aromatic heterocycles. The zero-order valence-corrected chi connectivity index (χ0v) is 17.5. The molecule has 0 spiro atoms. The standard InChI is InChI=1S/C21H22N6O6/c28-20(24-22-14-16-6-4-8-18(12-16)26(30)31)10-2-1-3-11-21(29)25-23-15-17-7-5-9-19(13-17)27(32)33/h4-9,12-15H,1-3,10-11H2,(H,24,28)(H,25,29). The van der Waals surface area contributed by atoms with Gasteiger partial charge < -0.3 is 0 Å². The molecule has 33 heavy (non-hydrogen) atoms. The number of rotatable bonds is 12. The molecule has 12 nitrogen and oxygen atoms in total. The van der Waals surface area contributed by atoms with Crippen LogP contribution in [0.4, 0.5) is 11.4 Å². The van der Waals surface area contributed by atoms with Gasteiger partial charge in [0.25, 0.3) is 11.4 Å². The van der Waals surface area contributed by atoms with Gasteiger partial charge in [-0.05, 0) is 12.8 Å². The third-order valence-electron chi connectivity index (χ3n) is 4.28. The lowest BCUT2D eigenvalue weighted by Gasteiger charge is -2.01. The number of hydrogen-bond acceptors (Lipinski definition) is 8. The predicted octanol–water partition coefficient (Wildman–Crippen LogP) is 3.05. The number of nitro benzene ring substituents is 2. The highest BCUT2D eigenvalue weighted by molar-refractivity contribution is 5.83. The highest BCUT2D eigenvalue weighted by Crippen LogP contribution is 2.12. The van der Waals surface area contributed by atoms with Crippen LogP contribution in [0.15, 0.2) is 58.7 Å². The molecule has 2 amide bonds. The minimum absolute atomic E-state index is 0.0657. The van der Waals surface area contributed by atoms with E-state index in [1.54, 1.807) is 12.1 Å². The second-order valence-electron chi connectivity index (χ2n) is 6.85. The van der Waals surface area contributed by atoms with Crippen LogP contribution in [-0.4, -0.2) is 34.1 Å². The first-order chi connectivity index (χ1) is 15.8. The molecule has 0 atom stereocenters. The molecule has 0 saturated carbocycles. The van der Waals surface area contributed by atoms with Crippen molar-refractivity contribution in [3.05, 3.63) is 79.9 Å². The molecule has 2 aromatic carbocycles. The van der Waals surface area contributed by atoms with Crippen LogP contribution >= 0.6 is 0 Å². The monoisotopic (exact) mass is 454 g/mol. The quantitative estimate of drug-likeness (QED) is 0.216. The van der Waals surface area contributed by atoms with Gasteiger partial charge in [-0.1, -0.05) is 30.7 Å². The predicted molar refractivity (Wildman–Crippen MR) is 121 cm³/mol. The Morgan fingerprint density at radius 2 is 1.18 bits per heavy atom. The fraction of sp³-hybridized carbons (Fsp3) is 0.238. The van der Waals surface area contributed by atoms with Crippen LogP contribution in [0, 0.1) is 20.2 Å². The summed E-state index contributed by atoms with van der Waals surface area (Å²) in [6.45, 7) is 0. The molecule has 0 aliphatic rings. The Bertz CT molecular complexity index is 985. The summed E-state index contributed by atoms with van der Waals surface area (Å²) in [5.41, 5.74) is 5.56. The van der Waals surface area contributed by atoms with E-state index in [-0.39, 0.29) is 36.0 Å². The van der Waals surface area contributed by atoms with Crippen LogP contribution in [0.2, 0.25) is 0 Å². The summed E-state index contributed by atoms with van der Waals surface area (Å²) in [5.74, 6) is -0.606. The molecule has 0 heterocycles. The molecule has 0 aliphatic heterocycles. The molecule has 0 aliphatic carbocycles. The number of nitro groups is 2.